The van der Waals surface area contributed by atoms with Crippen molar-refractivity contribution in [3.63, 3.8) is 0 Å². The Labute approximate surface area is 95.4 Å². The quantitative estimate of drug-likeness (QED) is 0.752. The molecule has 0 fully saturated rings. The number of alkyl halides is 2. The molecule has 1 rings (SSSR count). The molecule has 0 bridgehead atoms. The molecule has 0 radical (unpaired) electrons. The Hall–Kier alpha value is -1.12. The summed E-state index contributed by atoms with van der Waals surface area (Å²) in [6, 6.07) is 5.66. The molecule has 0 saturated carbocycles. The van der Waals surface area contributed by atoms with E-state index in [1.54, 1.807) is 6.07 Å². The Bertz CT molecular complexity index is 353. The predicted molar refractivity (Wildman–Crippen MR) is 61.4 cm³/mol. The van der Waals surface area contributed by atoms with Crippen molar-refractivity contribution in [2.75, 3.05) is 6.61 Å². The molecule has 0 aliphatic carbocycles. The minimum absolute atomic E-state index is 0.431. The van der Waals surface area contributed by atoms with Gasteiger partial charge in [0, 0.05) is 6.92 Å². The molecule has 90 valence electrons. The van der Waals surface area contributed by atoms with Gasteiger partial charge < -0.3 is 4.74 Å². The SMILES string of the molecule is Cc1cc(C(C)C)ccc1OCC(C)(F)F. The zero-order chi connectivity index (χ0) is 12.3. The van der Waals surface area contributed by atoms with Crippen LogP contribution in [0.5, 0.6) is 5.75 Å². The van der Waals surface area contributed by atoms with E-state index in [1.165, 1.54) is 5.56 Å². The van der Waals surface area contributed by atoms with Gasteiger partial charge in [0.05, 0.1) is 0 Å². The third kappa shape index (κ3) is 3.80. The van der Waals surface area contributed by atoms with Crippen LogP contribution in [0.2, 0.25) is 0 Å². The number of halogens is 2. The monoisotopic (exact) mass is 228 g/mol. The number of rotatable bonds is 4. The second kappa shape index (κ2) is 4.81. The van der Waals surface area contributed by atoms with Gasteiger partial charge in [0.15, 0.2) is 6.61 Å². The average molecular weight is 228 g/mol. The van der Waals surface area contributed by atoms with Gasteiger partial charge in [-0.25, -0.2) is 8.78 Å². The first-order chi connectivity index (χ1) is 7.29. The van der Waals surface area contributed by atoms with E-state index in [0.29, 0.717) is 11.7 Å². The summed E-state index contributed by atoms with van der Waals surface area (Å²) in [5.74, 6) is -1.82. The highest BCUT2D eigenvalue weighted by Crippen LogP contribution is 2.24. The molecule has 1 nitrogen and oxygen atoms in total. The predicted octanol–water partition coefficient (Wildman–Crippen LogP) is 4.15. The number of aryl methyl sites for hydroxylation is 1. The summed E-state index contributed by atoms with van der Waals surface area (Å²) in [5, 5.41) is 0. The molecular formula is C13H18F2O. The topological polar surface area (TPSA) is 9.23 Å². The standard InChI is InChI=1S/C13H18F2O/c1-9(2)11-5-6-12(10(3)7-11)16-8-13(4,14)15/h5-7,9H,8H2,1-4H3. The van der Waals surface area contributed by atoms with Crippen molar-refractivity contribution in [3.05, 3.63) is 29.3 Å². The summed E-state index contributed by atoms with van der Waals surface area (Å²) < 4.78 is 30.3. The second-order valence-corrected chi connectivity index (χ2v) is 4.54. The first kappa shape index (κ1) is 12.9. The van der Waals surface area contributed by atoms with Crippen LogP contribution in [0.4, 0.5) is 8.78 Å². The van der Waals surface area contributed by atoms with Gasteiger partial charge in [0.2, 0.25) is 0 Å². The molecule has 1 aromatic carbocycles. The van der Waals surface area contributed by atoms with Crippen molar-refractivity contribution in [2.45, 2.75) is 39.5 Å². The summed E-state index contributed by atoms with van der Waals surface area (Å²) >= 11 is 0. The van der Waals surface area contributed by atoms with E-state index in [1.807, 2.05) is 19.1 Å². The van der Waals surface area contributed by atoms with Crippen LogP contribution in [0.25, 0.3) is 0 Å². The summed E-state index contributed by atoms with van der Waals surface area (Å²) in [4.78, 5) is 0. The van der Waals surface area contributed by atoms with Crippen LogP contribution >= 0.6 is 0 Å². The molecule has 0 aromatic heterocycles. The van der Waals surface area contributed by atoms with Crippen molar-refractivity contribution in [1.82, 2.24) is 0 Å². The highest BCUT2D eigenvalue weighted by atomic mass is 19.3. The van der Waals surface area contributed by atoms with E-state index in [2.05, 4.69) is 13.8 Å². The normalized spacial score (nSPS) is 11.9. The lowest BCUT2D eigenvalue weighted by Crippen LogP contribution is -2.21. The molecule has 0 amide bonds. The molecular weight excluding hydrogens is 210 g/mol. The van der Waals surface area contributed by atoms with Gasteiger partial charge in [-0.3, -0.25) is 0 Å². The Morgan fingerprint density at radius 3 is 2.38 bits per heavy atom. The van der Waals surface area contributed by atoms with Crippen LogP contribution in [-0.2, 0) is 0 Å². The first-order valence-corrected chi connectivity index (χ1v) is 5.41. The third-order valence-electron chi connectivity index (χ3n) is 2.35. The fourth-order valence-electron chi connectivity index (χ4n) is 1.40. The maximum absolute atomic E-state index is 12.6. The molecule has 16 heavy (non-hydrogen) atoms. The maximum Gasteiger partial charge on any atom is 0.278 e. The molecule has 1 aromatic rings. The van der Waals surface area contributed by atoms with E-state index < -0.39 is 12.5 Å². The zero-order valence-corrected chi connectivity index (χ0v) is 10.2. The van der Waals surface area contributed by atoms with E-state index in [0.717, 1.165) is 12.5 Å². The van der Waals surface area contributed by atoms with Gasteiger partial charge in [-0.2, -0.15) is 0 Å². The molecule has 0 unspecified atom stereocenters. The lowest BCUT2D eigenvalue weighted by molar-refractivity contribution is -0.0231. The van der Waals surface area contributed by atoms with Gasteiger partial charge >= 0.3 is 0 Å². The Morgan fingerprint density at radius 2 is 1.94 bits per heavy atom. The maximum atomic E-state index is 12.6. The number of benzene rings is 1. The van der Waals surface area contributed by atoms with Crippen LogP contribution in [0.3, 0.4) is 0 Å². The molecule has 0 heterocycles. The van der Waals surface area contributed by atoms with Crippen molar-refractivity contribution in [1.29, 1.82) is 0 Å². The van der Waals surface area contributed by atoms with E-state index >= 15 is 0 Å². The van der Waals surface area contributed by atoms with Crippen molar-refractivity contribution in [2.24, 2.45) is 0 Å². The Kier molecular flexibility index (Phi) is 3.89. The summed E-state index contributed by atoms with van der Waals surface area (Å²) in [6.07, 6.45) is 0. The van der Waals surface area contributed by atoms with E-state index in [9.17, 15) is 8.78 Å². The van der Waals surface area contributed by atoms with Crippen molar-refractivity contribution >= 4 is 0 Å². The fourth-order valence-corrected chi connectivity index (χ4v) is 1.40. The van der Waals surface area contributed by atoms with Gasteiger partial charge in [0.1, 0.15) is 5.75 Å². The highest BCUT2D eigenvalue weighted by Gasteiger charge is 2.22. The highest BCUT2D eigenvalue weighted by molar-refractivity contribution is 5.37. The van der Waals surface area contributed by atoms with Gasteiger partial charge in [-0.1, -0.05) is 26.0 Å². The smallest absolute Gasteiger partial charge is 0.278 e. The summed E-state index contributed by atoms with van der Waals surface area (Å²) in [5.41, 5.74) is 2.09. The molecule has 0 atom stereocenters. The van der Waals surface area contributed by atoms with Gasteiger partial charge in [-0.15, -0.1) is 0 Å². The van der Waals surface area contributed by atoms with Gasteiger partial charge in [0.25, 0.3) is 5.92 Å². The molecule has 0 saturated heterocycles. The number of hydrogen-bond acceptors (Lipinski definition) is 1. The molecule has 0 N–H and O–H groups in total. The second-order valence-electron chi connectivity index (χ2n) is 4.54. The van der Waals surface area contributed by atoms with Crippen LogP contribution < -0.4 is 4.74 Å². The van der Waals surface area contributed by atoms with Crippen molar-refractivity contribution < 1.29 is 13.5 Å². The molecule has 0 spiro atoms. The van der Waals surface area contributed by atoms with Gasteiger partial charge in [-0.05, 0) is 30.0 Å². The first-order valence-electron chi connectivity index (χ1n) is 5.41. The van der Waals surface area contributed by atoms with Crippen LogP contribution in [0.1, 0.15) is 37.8 Å². The van der Waals surface area contributed by atoms with Crippen LogP contribution in [-0.4, -0.2) is 12.5 Å². The number of hydrogen-bond donors (Lipinski definition) is 0. The third-order valence-corrected chi connectivity index (χ3v) is 2.35. The van der Waals surface area contributed by atoms with Crippen molar-refractivity contribution in [3.8, 4) is 5.75 Å². The zero-order valence-electron chi connectivity index (χ0n) is 10.2. The molecule has 0 aliphatic rings. The average Bonchev–Trinajstić information content (AvgIpc) is 2.14. The summed E-state index contributed by atoms with van der Waals surface area (Å²) in [6.45, 7) is 6.33. The molecule has 3 heteroatoms. The fraction of sp³-hybridized carbons (Fsp3) is 0.538. The lowest BCUT2D eigenvalue weighted by atomic mass is 10.0. The van der Waals surface area contributed by atoms with Crippen LogP contribution in [0, 0.1) is 6.92 Å². The van der Waals surface area contributed by atoms with E-state index in [-0.39, 0.29) is 0 Å². The largest absolute Gasteiger partial charge is 0.487 e. The minimum atomic E-state index is -2.79. The van der Waals surface area contributed by atoms with Crippen LogP contribution in [0.15, 0.2) is 18.2 Å². The van der Waals surface area contributed by atoms with E-state index in [4.69, 9.17) is 4.74 Å². The molecule has 0 aliphatic heterocycles. The Morgan fingerprint density at radius 1 is 1.31 bits per heavy atom. The summed E-state index contributed by atoms with van der Waals surface area (Å²) in [7, 11) is 0. The minimum Gasteiger partial charge on any atom is -0.487 e. The number of ether oxygens (including phenoxy) is 1. The Balaban J connectivity index is 2.76. The lowest BCUT2D eigenvalue weighted by Gasteiger charge is -2.15.